The van der Waals surface area contributed by atoms with Gasteiger partial charge in [0.05, 0.1) is 6.61 Å². The van der Waals surface area contributed by atoms with Crippen molar-refractivity contribution in [2.45, 2.75) is 43.4 Å². The lowest BCUT2D eigenvalue weighted by molar-refractivity contribution is -0.325. The Kier molecular flexibility index (Phi) is 2.39. The first-order valence-electron chi connectivity index (χ1n) is 8.17. The number of likely N-dealkylation sites (tertiary alicyclic amines) is 1. The standard InChI is InChI=1S/C18H21NO3/c1-19-7-6-18-12-4-5-14(21)17(18)22-16-11(9-20)3-2-10(15(16)18)8-13(12)19/h2-3,5,12-13,17,20-21H,4,6-9H2,1H3/p-1/t12?,13-,17?,18+/m1/s1. The number of aliphatic hydroxyl groups excluding tert-OH is 1. The Labute approximate surface area is 130 Å². The third-order valence-electron chi connectivity index (χ3n) is 6.50. The van der Waals surface area contributed by atoms with Gasteiger partial charge in [0, 0.05) is 22.6 Å². The maximum atomic E-state index is 12.5. The van der Waals surface area contributed by atoms with Gasteiger partial charge < -0.3 is 19.8 Å². The minimum atomic E-state index is -0.371. The zero-order valence-corrected chi connectivity index (χ0v) is 12.7. The van der Waals surface area contributed by atoms with Gasteiger partial charge in [-0.2, -0.15) is 0 Å². The minimum absolute atomic E-state index is 0.0304. The molecule has 2 aliphatic carbocycles. The van der Waals surface area contributed by atoms with Gasteiger partial charge in [0.2, 0.25) is 0 Å². The average molecular weight is 298 g/mol. The molecule has 2 bridgehead atoms. The van der Waals surface area contributed by atoms with Crippen LogP contribution in [-0.4, -0.2) is 35.7 Å². The molecule has 1 aromatic rings. The van der Waals surface area contributed by atoms with E-state index in [0.717, 1.165) is 37.1 Å². The quantitative estimate of drug-likeness (QED) is 0.829. The molecule has 4 heteroatoms. The number of hydrogen-bond acceptors (Lipinski definition) is 4. The van der Waals surface area contributed by atoms with Crippen molar-refractivity contribution in [2.24, 2.45) is 5.92 Å². The Morgan fingerprint density at radius 3 is 3.14 bits per heavy atom. The van der Waals surface area contributed by atoms with Crippen LogP contribution >= 0.6 is 0 Å². The first kappa shape index (κ1) is 13.0. The summed E-state index contributed by atoms with van der Waals surface area (Å²) in [7, 11) is 2.20. The molecule has 0 saturated carbocycles. The van der Waals surface area contributed by atoms with Gasteiger partial charge in [0.1, 0.15) is 11.9 Å². The van der Waals surface area contributed by atoms with E-state index >= 15 is 0 Å². The summed E-state index contributed by atoms with van der Waals surface area (Å²) in [5, 5.41) is 22.2. The summed E-state index contributed by atoms with van der Waals surface area (Å²) in [5.74, 6) is 1.39. The van der Waals surface area contributed by atoms with E-state index in [9.17, 15) is 10.2 Å². The minimum Gasteiger partial charge on any atom is -0.873 e. The molecule has 4 aliphatic rings. The maximum absolute atomic E-state index is 12.5. The second-order valence-electron chi connectivity index (χ2n) is 7.24. The van der Waals surface area contributed by atoms with Gasteiger partial charge in [-0.1, -0.05) is 24.0 Å². The van der Waals surface area contributed by atoms with Crippen LogP contribution in [0.2, 0.25) is 0 Å². The average Bonchev–Trinajstić information content (AvgIpc) is 2.88. The number of allylic oxidation sites excluding steroid dienone is 1. The lowest BCUT2D eigenvalue weighted by Crippen LogP contribution is -2.64. The van der Waals surface area contributed by atoms with Crippen molar-refractivity contribution in [3.05, 3.63) is 40.7 Å². The van der Waals surface area contributed by atoms with Crippen molar-refractivity contribution < 1.29 is 14.9 Å². The molecular weight excluding hydrogens is 278 g/mol. The molecule has 1 N–H and O–H groups in total. The van der Waals surface area contributed by atoms with Crippen molar-refractivity contribution in [1.29, 1.82) is 0 Å². The van der Waals surface area contributed by atoms with Gasteiger partial charge in [-0.25, -0.2) is 0 Å². The van der Waals surface area contributed by atoms with Crippen LogP contribution in [0.3, 0.4) is 0 Å². The van der Waals surface area contributed by atoms with Gasteiger partial charge in [-0.05, 0) is 44.3 Å². The first-order chi connectivity index (χ1) is 10.7. The molecule has 0 radical (unpaired) electrons. The fourth-order valence-corrected chi connectivity index (χ4v) is 5.51. The summed E-state index contributed by atoms with van der Waals surface area (Å²) in [5.41, 5.74) is 3.24. The molecule has 1 spiro atoms. The van der Waals surface area contributed by atoms with Crippen molar-refractivity contribution >= 4 is 0 Å². The van der Waals surface area contributed by atoms with Gasteiger partial charge in [0.25, 0.3) is 0 Å². The molecule has 2 aliphatic heterocycles. The van der Waals surface area contributed by atoms with Crippen LogP contribution in [0.1, 0.15) is 29.5 Å². The van der Waals surface area contributed by atoms with Crippen LogP contribution in [0.5, 0.6) is 5.75 Å². The van der Waals surface area contributed by atoms with Crippen molar-refractivity contribution in [3.8, 4) is 5.75 Å². The van der Waals surface area contributed by atoms with Crippen molar-refractivity contribution in [2.75, 3.05) is 13.6 Å². The molecule has 0 amide bonds. The molecule has 2 heterocycles. The topological polar surface area (TPSA) is 55.8 Å². The van der Waals surface area contributed by atoms with E-state index in [0.29, 0.717) is 12.0 Å². The van der Waals surface area contributed by atoms with Crippen LogP contribution in [0.25, 0.3) is 0 Å². The fraction of sp³-hybridized carbons (Fsp3) is 0.556. The monoisotopic (exact) mass is 298 g/mol. The molecule has 1 aromatic carbocycles. The zero-order chi connectivity index (χ0) is 15.1. The van der Waals surface area contributed by atoms with Gasteiger partial charge >= 0.3 is 0 Å². The molecule has 5 rings (SSSR count). The number of nitrogens with zero attached hydrogens (tertiary/aromatic N) is 1. The number of rotatable bonds is 1. The molecule has 22 heavy (non-hydrogen) atoms. The third-order valence-corrected chi connectivity index (χ3v) is 6.50. The van der Waals surface area contributed by atoms with Gasteiger partial charge in [-0.3, -0.25) is 0 Å². The smallest absolute Gasteiger partial charge is 0.129 e. The summed E-state index contributed by atoms with van der Waals surface area (Å²) in [6.07, 6.45) is 4.33. The largest absolute Gasteiger partial charge is 0.873 e. The third kappa shape index (κ3) is 1.28. The van der Waals surface area contributed by atoms with E-state index in [1.54, 1.807) is 0 Å². The highest BCUT2D eigenvalue weighted by atomic mass is 16.5. The van der Waals surface area contributed by atoms with Crippen LogP contribution in [0.4, 0.5) is 0 Å². The Morgan fingerprint density at radius 1 is 1.45 bits per heavy atom. The van der Waals surface area contributed by atoms with E-state index < -0.39 is 0 Å². The summed E-state index contributed by atoms with van der Waals surface area (Å²) < 4.78 is 6.19. The van der Waals surface area contributed by atoms with Crippen LogP contribution in [-0.2, 0) is 18.4 Å². The second-order valence-corrected chi connectivity index (χ2v) is 7.24. The van der Waals surface area contributed by atoms with E-state index in [-0.39, 0.29) is 23.9 Å². The lowest BCUT2D eigenvalue weighted by Gasteiger charge is -2.58. The van der Waals surface area contributed by atoms with Gasteiger partial charge in [0.15, 0.2) is 0 Å². The first-order valence-corrected chi connectivity index (χ1v) is 8.17. The van der Waals surface area contributed by atoms with E-state index in [1.807, 2.05) is 12.1 Å². The molecule has 4 nitrogen and oxygen atoms in total. The summed E-state index contributed by atoms with van der Waals surface area (Å²) >= 11 is 0. The zero-order valence-electron chi connectivity index (χ0n) is 12.7. The SMILES string of the molecule is CN1CC[C@]23c4c5ccc(CO)c4OC2C([O-])=CCC3[C@H]1C5. The van der Waals surface area contributed by atoms with Crippen molar-refractivity contribution in [1.82, 2.24) is 4.90 Å². The Hall–Kier alpha value is -1.52. The van der Waals surface area contributed by atoms with Gasteiger partial charge in [-0.15, -0.1) is 0 Å². The Morgan fingerprint density at radius 2 is 2.32 bits per heavy atom. The number of ether oxygens (including phenoxy) is 1. The summed E-state index contributed by atoms with van der Waals surface area (Å²) in [6, 6.07) is 4.60. The predicted molar refractivity (Wildman–Crippen MR) is 79.4 cm³/mol. The van der Waals surface area contributed by atoms with Crippen LogP contribution in [0.15, 0.2) is 24.0 Å². The number of hydrogen-bond donors (Lipinski definition) is 1. The number of likely N-dealkylation sites (N-methyl/N-ethyl adjacent to an activating group) is 1. The normalized spacial score (nSPS) is 38.3. The van der Waals surface area contributed by atoms with Crippen LogP contribution < -0.4 is 9.84 Å². The fourth-order valence-electron chi connectivity index (χ4n) is 5.51. The number of piperidine rings is 1. The highest BCUT2D eigenvalue weighted by Gasteiger charge is 2.62. The lowest BCUT2D eigenvalue weighted by atomic mass is 9.53. The Balaban J connectivity index is 1.83. The van der Waals surface area contributed by atoms with E-state index in [1.165, 1.54) is 11.1 Å². The van der Waals surface area contributed by atoms with Crippen LogP contribution in [0, 0.1) is 5.92 Å². The molecular formula is C18H20NO3-. The molecule has 1 fully saturated rings. The second kappa shape index (κ2) is 4.06. The number of benzene rings is 1. The Bertz CT molecular complexity index is 698. The van der Waals surface area contributed by atoms with Crippen molar-refractivity contribution in [3.63, 3.8) is 0 Å². The molecule has 2 unspecified atom stereocenters. The predicted octanol–water partition coefficient (Wildman–Crippen LogP) is 0.702. The summed E-state index contributed by atoms with van der Waals surface area (Å²) in [4.78, 5) is 2.46. The molecule has 0 aromatic heterocycles. The number of aliphatic hydroxyl groups is 1. The van der Waals surface area contributed by atoms with E-state index in [2.05, 4.69) is 18.0 Å². The molecule has 4 atom stereocenters. The summed E-state index contributed by atoms with van der Waals surface area (Å²) in [6.45, 7) is 0.980. The van der Waals surface area contributed by atoms with E-state index in [4.69, 9.17) is 4.74 Å². The highest BCUT2D eigenvalue weighted by molar-refractivity contribution is 5.59. The molecule has 1 saturated heterocycles. The maximum Gasteiger partial charge on any atom is 0.129 e. The molecule has 116 valence electrons. The highest BCUT2D eigenvalue weighted by Crippen LogP contribution is 2.62.